The van der Waals surface area contributed by atoms with Crippen molar-refractivity contribution in [2.75, 3.05) is 6.61 Å². The summed E-state index contributed by atoms with van der Waals surface area (Å²) in [5.74, 6) is 5.15. The van der Waals surface area contributed by atoms with Gasteiger partial charge in [0.25, 0.3) is 0 Å². The van der Waals surface area contributed by atoms with Crippen LogP contribution in [0.1, 0.15) is 34.6 Å². The van der Waals surface area contributed by atoms with Crippen LogP contribution in [0.5, 0.6) is 0 Å². The molecule has 1 aliphatic rings. The molecule has 1 amide bonds. The highest BCUT2D eigenvalue weighted by Gasteiger charge is 2.30. The Morgan fingerprint density at radius 2 is 2.05 bits per heavy atom. The summed E-state index contributed by atoms with van der Waals surface area (Å²) in [5.41, 5.74) is -1.14. The highest BCUT2D eigenvalue weighted by molar-refractivity contribution is 5.83. The normalized spacial score (nSPS) is 20.5. The van der Waals surface area contributed by atoms with Gasteiger partial charge in [0, 0.05) is 6.08 Å². The van der Waals surface area contributed by atoms with Crippen LogP contribution >= 0.6 is 0 Å². The second-order valence-corrected chi connectivity index (χ2v) is 5.75. The summed E-state index contributed by atoms with van der Waals surface area (Å²) in [4.78, 5) is 23.6. The van der Waals surface area contributed by atoms with Gasteiger partial charge in [0.2, 0.25) is 0 Å². The molecule has 0 aromatic rings. The summed E-state index contributed by atoms with van der Waals surface area (Å²) in [6.45, 7) is 9.03. The van der Waals surface area contributed by atoms with Crippen molar-refractivity contribution in [1.29, 1.82) is 0 Å². The molecule has 114 valence electrons. The molecule has 0 spiro atoms. The zero-order valence-electron chi connectivity index (χ0n) is 13.1. The lowest BCUT2D eigenvalue weighted by atomic mass is 9.91. The van der Waals surface area contributed by atoms with Gasteiger partial charge in [-0.15, -0.1) is 0 Å². The third-order valence-electron chi connectivity index (χ3n) is 2.50. The van der Waals surface area contributed by atoms with E-state index in [-0.39, 0.29) is 0 Å². The minimum Gasteiger partial charge on any atom is -0.465 e. The van der Waals surface area contributed by atoms with Crippen LogP contribution in [-0.4, -0.2) is 24.3 Å². The second kappa shape index (κ2) is 6.49. The van der Waals surface area contributed by atoms with Gasteiger partial charge in [0.15, 0.2) is 0 Å². The minimum atomic E-state index is -1.02. The van der Waals surface area contributed by atoms with Crippen LogP contribution in [0, 0.1) is 17.3 Å². The number of carbonyl (C=O) groups excluding carboxylic acids is 2. The Labute approximate surface area is 125 Å². The van der Waals surface area contributed by atoms with Crippen LogP contribution in [0.2, 0.25) is 0 Å². The number of hydrogen-bond acceptors (Lipinski definition) is 4. The lowest BCUT2D eigenvalue weighted by Crippen LogP contribution is -2.31. The van der Waals surface area contributed by atoms with Crippen molar-refractivity contribution in [2.24, 2.45) is 5.41 Å². The Balaban J connectivity index is 2.76. The summed E-state index contributed by atoms with van der Waals surface area (Å²) in [5, 5.41) is 2.58. The first-order valence-electron chi connectivity index (χ1n) is 6.75. The van der Waals surface area contributed by atoms with Gasteiger partial charge in [-0.3, -0.25) is 10.1 Å². The van der Waals surface area contributed by atoms with Crippen molar-refractivity contribution >= 4 is 12.1 Å². The van der Waals surface area contributed by atoms with Crippen LogP contribution in [0.15, 0.2) is 23.9 Å². The number of allylic oxidation sites excluding steroid dienone is 2. The van der Waals surface area contributed by atoms with Crippen LogP contribution in [0.3, 0.4) is 0 Å². The summed E-state index contributed by atoms with van der Waals surface area (Å²) < 4.78 is 10.1. The van der Waals surface area contributed by atoms with Crippen molar-refractivity contribution < 1.29 is 19.1 Å². The zero-order valence-corrected chi connectivity index (χ0v) is 13.1. The quantitative estimate of drug-likeness (QED) is 0.641. The van der Waals surface area contributed by atoms with Gasteiger partial charge in [-0.1, -0.05) is 17.9 Å². The summed E-state index contributed by atoms with van der Waals surface area (Å²) in [7, 11) is 0. The van der Waals surface area contributed by atoms with Crippen LogP contribution < -0.4 is 5.32 Å². The molecule has 1 aliphatic carbocycles. The Kier molecular flexibility index (Phi) is 5.20. The van der Waals surface area contributed by atoms with Gasteiger partial charge < -0.3 is 9.47 Å². The SMILES string of the molecule is CCOC(=O)C1(C)C#CC=C(NC(=O)OC(C)(C)C)C=C1. The van der Waals surface area contributed by atoms with Gasteiger partial charge in [-0.05, 0) is 40.7 Å². The molecule has 0 aromatic heterocycles. The molecular weight excluding hydrogens is 270 g/mol. The Hall–Kier alpha value is -2.22. The predicted octanol–water partition coefficient (Wildman–Crippen LogP) is 2.54. The van der Waals surface area contributed by atoms with Crippen molar-refractivity contribution in [2.45, 2.75) is 40.2 Å². The van der Waals surface area contributed by atoms with Gasteiger partial charge in [-0.25, -0.2) is 4.79 Å². The fraction of sp³-hybridized carbons (Fsp3) is 0.500. The topological polar surface area (TPSA) is 64.6 Å². The summed E-state index contributed by atoms with van der Waals surface area (Å²) in [6, 6.07) is 0. The number of carbonyl (C=O) groups is 2. The highest BCUT2D eigenvalue weighted by atomic mass is 16.6. The standard InChI is InChI=1S/C16H21NO4/c1-6-20-13(18)16(5)10-7-8-12(9-11-16)17-14(19)21-15(2,3)4/h8-9,11H,6H2,1-5H3,(H,17,19). The van der Waals surface area contributed by atoms with E-state index in [1.165, 1.54) is 6.08 Å². The second-order valence-electron chi connectivity index (χ2n) is 5.75. The molecule has 0 fully saturated rings. The first-order chi connectivity index (χ1) is 9.66. The third-order valence-corrected chi connectivity index (χ3v) is 2.50. The van der Waals surface area contributed by atoms with Crippen LogP contribution in [0.25, 0.3) is 0 Å². The van der Waals surface area contributed by atoms with E-state index in [2.05, 4.69) is 17.2 Å². The van der Waals surface area contributed by atoms with E-state index in [0.717, 1.165) is 0 Å². The fourth-order valence-corrected chi connectivity index (χ4v) is 1.51. The molecule has 1 atom stereocenters. The highest BCUT2D eigenvalue weighted by Crippen LogP contribution is 2.22. The molecule has 5 nitrogen and oxygen atoms in total. The fourth-order valence-electron chi connectivity index (χ4n) is 1.51. The number of ether oxygens (including phenoxy) is 2. The average Bonchev–Trinajstić information content (AvgIpc) is 2.51. The maximum Gasteiger partial charge on any atom is 0.412 e. The number of nitrogens with one attached hydrogen (secondary N) is 1. The molecule has 0 heterocycles. The molecule has 0 radical (unpaired) electrons. The molecule has 0 saturated heterocycles. The summed E-state index contributed by atoms with van der Waals surface area (Å²) >= 11 is 0. The van der Waals surface area contributed by atoms with E-state index in [1.807, 2.05) is 0 Å². The Morgan fingerprint density at radius 1 is 1.38 bits per heavy atom. The molecule has 1 rings (SSSR count). The van der Waals surface area contributed by atoms with E-state index in [0.29, 0.717) is 12.3 Å². The molecule has 0 aliphatic heterocycles. The van der Waals surface area contributed by atoms with Crippen molar-refractivity contribution in [1.82, 2.24) is 5.32 Å². The molecule has 1 N–H and O–H groups in total. The number of esters is 1. The van der Waals surface area contributed by atoms with Crippen LogP contribution in [0.4, 0.5) is 4.79 Å². The number of rotatable bonds is 3. The molecule has 0 saturated carbocycles. The van der Waals surface area contributed by atoms with Gasteiger partial charge in [0.1, 0.15) is 11.0 Å². The van der Waals surface area contributed by atoms with Gasteiger partial charge in [0.05, 0.1) is 12.3 Å². The average molecular weight is 291 g/mol. The van der Waals surface area contributed by atoms with E-state index < -0.39 is 23.1 Å². The maximum atomic E-state index is 11.9. The zero-order chi connectivity index (χ0) is 16.1. The monoisotopic (exact) mass is 291 g/mol. The maximum absolute atomic E-state index is 11.9. The molecule has 0 aromatic carbocycles. The molecule has 0 bridgehead atoms. The first kappa shape index (κ1) is 16.8. The third kappa shape index (κ3) is 5.35. The number of hydrogen-bond donors (Lipinski definition) is 1. The van der Waals surface area contributed by atoms with Crippen molar-refractivity contribution in [3.05, 3.63) is 23.9 Å². The number of amides is 1. The Morgan fingerprint density at radius 3 is 2.62 bits per heavy atom. The van der Waals surface area contributed by atoms with E-state index >= 15 is 0 Å². The summed E-state index contributed by atoms with van der Waals surface area (Å²) in [6.07, 6.45) is 4.16. The lowest BCUT2D eigenvalue weighted by Gasteiger charge is -2.20. The molecule has 1 unspecified atom stereocenters. The molecular formula is C16H21NO4. The molecule has 5 heteroatoms. The van der Waals surface area contributed by atoms with Crippen molar-refractivity contribution in [3.8, 4) is 11.8 Å². The predicted molar refractivity (Wildman–Crippen MR) is 79.1 cm³/mol. The largest absolute Gasteiger partial charge is 0.465 e. The smallest absolute Gasteiger partial charge is 0.412 e. The Bertz CT molecular complexity index is 543. The van der Waals surface area contributed by atoms with Gasteiger partial charge >= 0.3 is 12.1 Å². The lowest BCUT2D eigenvalue weighted by molar-refractivity contribution is -0.148. The minimum absolute atomic E-state index is 0.292. The molecule has 21 heavy (non-hydrogen) atoms. The first-order valence-corrected chi connectivity index (χ1v) is 6.75. The van der Waals surface area contributed by atoms with Gasteiger partial charge in [-0.2, -0.15) is 0 Å². The van der Waals surface area contributed by atoms with E-state index in [9.17, 15) is 9.59 Å². The van der Waals surface area contributed by atoms with E-state index in [4.69, 9.17) is 9.47 Å². The van der Waals surface area contributed by atoms with Crippen LogP contribution in [-0.2, 0) is 14.3 Å². The van der Waals surface area contributed by atoms with E-state index in [1.54, 1.807) is 46.8 Å². The van der Waals surface area contributed by atoms with Crippen molar-refractivity contribution in [3.63, 3.8) is 0 Å². The number of alkyl carbamates (subject to hydrolysis) is 1.